The van der Waals surface area contributed by atoms with Gasteiger partial charge < -0.3 is 15.7 Å². The largest absolute Gasteiger partial charge is 0.508 e. The van der Waals surface area contributed by atoms with Crippen LogP contribution in [-0.4, -0.2) is 17.6 Å². The first-order valence-electron chi connectivity index (χ1n) is 7.98. The van der Waals surface area contributed by atoms with Crippen LogP contribution in [0.3, 0.4) is 0 Å². The molecule has 1 unspecified atom stereocenters. The Balaban J connectivity index is 2.07. The van der Waals surface area contributed by atoms with Crippen LogP contribution in [0.5, 0.6) is 5.75 Å². The Morgan fingerprint density at radius 2 is 1.83 bits per heavy atom. The summed E-state index contributed by atoms with van der Waals surface area (Å²) in [5, 5.41) is 16.0. The number of hydrogen-bond donors (Lipinski definition) is 3. The minimum Gasteiger partial charge on any atom is -0.508 e. The molecule has 0 heterocycles. The number of nitrogens with one attached hydrogen (secondary N) is 2. The highest BCUT2D eigenvalue weighted by Crippen LogP contribution is 2.16. The van der Waals surface area contributed by atoms with E-state index in [0.717, 1.165) is 18.1 Å². The van der Waals surface area contributed by atoms with E-state index in [1.165, 1.54) is 11.1 Å². The van der Waals surface area contributed by atoms with Crippen LogP contribution >= 0.6 is 0 Å². The van der Waals surface area contributed by atoms with Crippen LogP contribution in [0.2, 0.25) is 0 Å². The molecular formula is C19H25N3O. The highest BCUT2D eigenvalue weighted by molar-refractivity contribution is 5.80. The number of hydrogen-bond acceptors (Lipinski definition) is 2. The molecule has 0 aliphatic heterocycles. The second kappa shape index (κ2) is 8.22. The maximum Gasteiger partial charge on any atom is 0.192 e. The quantitative estimate of drug-likeness (QED) is 0.585. The third-order valence-electron chi connectivity index (χ3n) is 3.71. The Hall–Kier alpha value is -2.49. The molecule has 2 rings (SSSR count). The molecule has 0 amide bonds. The van der Waals surface area contributed by atoms with Crippen molar-refractivity contribution in [1.29, 1.82) is 0 Å². The van der Waals surface area contributed by atoms with E-state index in [4.69, 9.17) is 0 Å². The number of phenolic OH excluding ortho intramolecular Hbond substituents is 1. The van der Waals surface area contributed by atoms with Crippen molar-refractivity contribution in [3.63, 3.8) is 0 Å². The van der Waals surface area contributed by atoms with Crippen LogP contribution in [0, 0.1) is 6.92 Å². The lowest BCUT2D eigenvalue weighted by molar-refractivity contribution is 0.475. The van der Waals surface area contributed by atoms with E-state index in [-0.39, 0.29) is 11.8 Å². The molecule has 4 nitrogen and oxygen atoms in total. The molecule has 0 saturated heterocycles. The van der Waals surface area contributed by atoms with Crippen LogP contribution < -0.4 is 10.6 Å². The Kier molecular flexibility index (Phi) is 6.03. The van der Waals surface area contributed by atoms with Crippen molar-refractivity contribution in [1.82, 2.24) is 10.6 Å². The van der Waals surface area contributed by atoms with Crippen molar-refractivity contribution in [2.24, 2.45) is 4.99 Å². The molecule has 0 spiro atoms. The fourth-order valence-corrected chi connectivity index (χ4v) is 2.45. The van der Waals surface area contributed by atoms with Gasteiger partial charge in [-0.25, -0.2) is 4.99 Å². The molecule has 4 heteroatoms. The minimum atomic E-state index is 0.175. The summed E-state index contributed by atoms with van der Waals surface area (Å²) in [7, 11) is 0. The van der Waals surface area contributed by atoms with Crippen LogP contribution in [-0.2, 0) is 6.54 Å². The molecule has 1 atom stereocenters. The third-order valence-corrected chi connectivity index (χ3v) is 3.71. The molecular weight excluding hydrogens is 286 g/mol. The van der Waals surface area contributed by atoms with Crippen molar-refractivity contribution in [3.05, 3.63) is 65.2 Å². The van der Waals surface area contributed by atoms with Crippen LogP contribution in [0.1, 0.15) is 36.6 Å². The van der Waals surface area contributed by atoms with Gasteiger partial charge in [0.15, 0.2) is 5.96 Å². The van der Waals surface area contributed by atoms with Gasteiger partial charge in [0.2, 0.25) is 0 Å². The summed E-state index contributed by atoms with van der Waals surface area (Å²) in [5.74, 6) is 1.06. The first-order valence-corrected chi connectivity index (χ1v) is 7.98. The van der Waals surface area contributed by atoms with Gasteiger partial charge in [0.25, 0.3) is 0 Å². The highest BCUT2D eigenvalue weighted by atomic mass is 16.3. The van der Waals surface area contributed by atoms with Gasteiger partial charge in [0.05, 0.1) is 12.6 Å². The zero-order chi connectivity index (χ0) is 16.7. The second-order valence-corrected chi connectivity index (χ2v) is 5.58. The number of aryl methyl sites for hydroxylation is 1. The van der Waals surface area contributed by atoms with E-state index in [1.54, 1.807) is 12.1 Å². The van der Waals surface area contributed by atoms with Crippen LogP contribution in [0.4, 0.5) is 0 Å². The maximum absolute atomic E-state index is 9.33. The number of nitrogens with zero attached hydrogens (tertiary/aromatic N) is 1. The summed E-state index contributed by atoms with van der Waals surface area (Å²) in [6.45, 7) is 7.68. The number of aromatic hydroxyl groups is 1. The van der Waals surface area contributed by atoms with Crippen LogP contribution in [0.15, 0.2) is 53.5 Å². The van der Waals surface area contributed by atoms with Gasteiger partial charge in [-0.05, 0) is 49.6 Å². The lowest BCUT2D eigenvalue weighted by Gasteiger charge is -2.19. The van der Waals surface area contributed by atoms with E-state index >= 15 is 0 Å². The van der Waals surface area contributed by atoms with Crippen molar-refractivity contribution < 1.29 is 5.11 Å². The van der Waals surface area contributed by atoms with Crippen molar-refractivity contribution in [2.75, 3.05) is 6.54 Å². The summed E-state index contributed by atoms with van der Waals surface area (Å²) in [5.41, 5.74) is 3.59. The van der Waals surface area contributed by atoms with Crippen molar-refractivity contribution in [3.8, 4) is 5.75 Å². The summed E-state index contributed by atoms with van der Waals surface area (Å²) in [4.78, 5) is 4.62. The van der Waals surface area contributed by atoms with Gasteiger partial charge in [-0.15, -0.1) is 0 Å². The van der Waals surface area contributed by atoms with E-state index in [9.17, 15) is 5.11 Å². The standard InChI is InChI=1S/C19H25N3O/c1-4-20-19(21-13-16-9-11-17(23)12-10-16)22-15(3)18-8-6-5-7-14(18)2/h5-12,15,23H,4,13H2,1-3H3,(H2,20,21,22). The van der Waals surface area contributed by atoms with Gasteiger partial charge in [0, 0.05) is 6.54 Å². The first-order chi connectivity index (χ1) is 11.1. The normalized spacial score (nSPS) is 12.7. The van der Waals surface area contributed by atoms with E-state index in [2.05, 4.69) is 60.7 Å². The van der Waals surface area contributed by atoms with Gasteiger partial charge in [-0.3, -0.25) is 0 Å². The maximum atomic E-state index is 9.33. The molecule has 0 saturated carbocycles. The predicted molar refractivity (Wildman–Crippen MR) is 95.7 cm³/mol. The lowest BCUT2D eigenvalue weighted by Crippen LogP contribution is -2.38. The average Bonchev–Trinajstić information content (AvgIpc) is 2.54. The molecule has 0 aliphatic rings. The van der Waals surface area contributed by atoms with Gasteiger partial charge >= 0.3 is 0 Å². The van der Waals surface area contributed by atoms with Crippen molar-refractivity contribution in [2.45, 2.75) is 33.4 Å². The predicted octanol–water partition coefficient (Wildman–Crippen LogP) is 3.52. The third kappa shape index (κ3) is 5.02. The summed E-state index contributed by atoms with van der Waals surface area (Å²) in [6, 6.07) is 15.7. The Morgan fingerprint density at radius 3 is 2.48 bits per heavy atom. The summed E-state index contributed by atoms with van der Waals surface area (Å²) < 4.78 is 0. The molecule has 3 N–H and O–H groups in total. The minimum absolute atomic E-state index is 0.175. The monoisotopic (exact) mass is 311 g/mol. The Bertz CT molecular complexity index is 650. The molecule has 0 aliphatic carbocycles. The molecule has 23 heavy (non-hydrogen) atoms. The average molecular weight is 311 g/mol. The fourth-order valence-electron chi connectivity index (χ4n) is 2.45. The molecule has 0 fully saturated rings. The molecule has 0 bridgehead atoms. The topological polar surface area (TPSA) is 56.7 Å². The molecule has 0 aromatic heterocycles. The lowest BCUT2D eigenvalue weighted by atomic mass is 10.0. The fraction of sp³-hybridized carbons (Fsp3) is 0.316. The van der Waals surface area contributed by atoms with E-state index < -0.39 is 0 Å². The number of aliphatic imine (C=N–C) groups is 1. The molecule has 2 aromatic rings. The van der Waals surface area contributed by atoms with E-state index in [1.807, 2.05) is 12.1 Å². The smallest absolute Gasteiger partial charge is 0.192 e. The second-order valence-electron chi connectivity index (χ2n) is 5.58. The summed E-state index contributed by atoms with van der Waals surface area (Å²) >= 11 is 0. The van der Waals surface area contributed by atoms with Gasteiger partial charge in [0.1, 0.15) is 5.75 Å². The van der Waals surface area contributed by atoms with E-state index in [0.29, 0.717) is 6.54 Å². The zero-order valence-corrected chi connectivity index (χ0v) is 14.0. The first kappa shape index (κ1) is 16.9. The van der Waals surface area contributed by atoms with Gasteiger partial charge in [-0.2, -0.15) is 0 Å². The number of benzene rings is 2. The molecule has 2 aromatic carbocycles. The van der Waals surface area contributed by atoms with Crippen molar-refractivity contribution >= 4 is 5.96 Å². The Morgan fingerprint density at radius 1 is 1.13 bits per heavy atom. The summed E-state index contributed by atoms with van der Waals surface area (Å²) in [6.07, 6.45) is 0. The number of rotatable bonds is 5. The zero-order valence-electron chi connectivity index (χ0n) is 14.0. The Labute approximate surface area is 138 Å². The van der Waals surface area contributed by atoms with Gasteiger partial charge in [-0.1, -0.05) is 36.4 Å². The number of guanidine groups is 1. The number of phenols is 1. The van der Waals surface area contributed by atoms with Crippen LogP contribution in [0.25, 0.3) is 0 Å². The SMILES string of the molecule is CCNC(=NCc1ccc(O)cc1)NC(C)c1ccccc1C. The molecule has 0 radical (unpaired) electrons. The highest BCUT2D eigenvalue weighted by Gasteiger charge is 2.09. The molecule has 122 valence electrons.